The number of amides is 2. The number of ether oxygens (including phenoxy) is 1. The molecule has 0 saturated carbocycles. The minimum atomic E-state index is -0.616. The van der Waals surface area contributed by atoms with Gasteiger partial charge in [-0.25, -0.2) is 4.79 Å². The van der Waals surface area contributed by atoms with Crippen LogP contribution in [0, 0.1) is 27.7 Å². The van der Waals surface area contributed by atoms with Crippen molar-refractivity contribution in [2.75, 3.05) is 23.0 Å². The van der Waals surface area contributed by atoms with E-state index >= 15 is 0 Å². The van der Waals surface area contributed by atoms with E-state index in [2.05, 4.69) is 10.6 Å². The van der Waals surface area contributed by atoms with E-state index in [1.807, 2.05) is 64.1 Å². The predicted octanol–water partition coefficient (Wildman–Crippen LogP) is 5.45. The summed E-state index contributed by atoms with van der Waals surface area (Å²) in [5.74, 6) is -1.07. The summed E-state index contributed by atoms with van der Waals surface area (Å²) in [5, 5.41) is 5.74. The Morgan fingerprint density at radius 3 is 1.76 bits per heavy atom. The van der Waals surface area contributed by atoms with Crippen LogP contribution in [0.3, 0.4) is 0 Å². The zero-order valence-corrected chi connectivity index (χ0v) is 20.5. The average molecular weight is 477 g/mol. The van der Waals surface area contributed by atoms with Crippen molar-refractivity contribution in [3.8, 4) is 0 Å². The van der Waals surface area contributed by atoms with E-state index in [1.165, 1.54) is 11.8 Å². The molecule has 0 spiro atoms. The summed E-state index contributed by atoms with van der Waals surface area (Å²) >= 11 is 1.24. The van der Waals surface area contributed by atoms with Crippen molar-refractivity contribution >= 4 is 40.9 Å². The first-order valence-corrected chi connectivity index (χ1v) is 11.9. The van der Waals surface area contributed by atoms with Crippen molar-refractivity contribution in [3.63, 3.8) is 0 Å². The largest absolute Gasteiger partial charge is 0.452 e. The first-order chi connectivity index (χ1) is 16.3. The Bertz CT molecular complexity index is 1180. The molecule has 2 N–H and O–H groups in total. The van der Waals surface area contributed by atoms with Crippen LogP contribution in [0.1, 0.15) is 32.6 Å². The summed E-state index contributed by atoms with van der Waals surface area (Å²) < 4.78 is 5.25. The van der Waals surface area contributed by atoms with Crippen molar-refractivity contribution in [3.05, 3.63) is 88.5 Å². The first kappa shape index (κ1) is 25.1. The molecule has 6 nitrogen and oxygen atoms in total. The highest BCUT2D eigenvalue weighted by Crippen LogP contribution is 2.25. The molecule has 2 amide bonds. The number of aryl methyl sites for hydroxylation is 4. The number of benzene rings is 3. The molecule has 0 atom stereocenters. The number of anilines is 2. The van der Waals surface area contributed by atoms with Gasteiger partial charge >= 0.3 is 5.97 Å². The molecule has 0 aromatic heterocycles. The van der Waals surface area contributed by atoms with Crippen LogP contribution in [-0.4, -0.2) is 30.1 Å². The number of hydrogen-bond acceptors (Lipinski definition) is 5. The Kier molecular flexibility index (Phi) is 8.49. The highest BCUT2D eigenvalue weighted by Gasteiger charge is 2.17. The van der Waals surface area contributed by atoms with Gasteiger partial charge in [-0.15, -0.1) is 11.8 Å². The lowest BCUT2D eigenvalue weighted by molar-refractivity contribution is -0.119. The number of thioether (sulfide) groups is 1. The van der Waals surface area contributed by atoms with E-state index in [9.17, 15) is 14.4 Å². The lowest BCUT2D eigenvalue weighted by Gasteiger charge is -2.13. The van der Waals surface area contributed by atoms with Gasteiger partial charge < -0.3 is 15.4 Å². The summed E-state index contributed by atoms with van der Waals surface area (Å²) in [6.45, 7) is 7.28. The molecule has 0 bridgehead atoms. The maximum atomic E-state index is 12.7. The van der Waals surface area contributed by atoms with E-state index in [1.54, 1.807) is 24.3 Å². The molecule has 3 aromatic rings. The maximum absolute atomic E-state index is 12.7. The Labute approximate surface area is 204 Å². The zero-order chi connectivity index (χ0) is 24.7. The number of carbonyl (C=O) groups excluding carboxylic acids is 3. The molecular weight excluding hydrogens is 448 g/mol. The predicted molar refractivity (Wildman–Crippen MR) is 137 cm³/mol. The SMILES string of the molecule is Cc1cccc(C)c1NC(=O)COC(=O)c1ccccc1SCC(=O)Nc1c(C)cccc1C. The van der Waals surface area contributed by atoms with Gasteiger partial charge in [-0.3, -0.25) is 9.59 Å². The maximum Gasteiger partial charge on any atom is 0.339 e. The van der Waals surface area contributed by atoms with Crippen molar-refractivity contribution in [1.82, 2.24) is 0 Å². The van der Waals surface area contributed by atoms with Crippen molar-refractivity contribution in [2.45, 2.75) is 32.6 Å². The molecule has 7 heteroatoms. The number of esters is 1. The molecule has 0 unspecified atom stereocenters. The topological polar surface area (TPSA) is 84.5 Å². The summed E-state index contributed by atoms with van der Waals surface area (Å²) in [4.78, 5) is 38.1. The summed E-state index contributed by atoms with van der Waals surface area (Å²) in [5.41, 5.74) is 5.67. The molecule has 0 aliphatic heterocycles. The highest BCUT2D eigenvalue weighted by molar-refractivity contribution is 8.00. The Morgan fingerprint density at radius 2 is 1.21 bits per heavy atom. The summed E-state index contributed by atoms with van der Waals surface area (Å²) in [7, 11) is 0. The van der Waals surface area contributed by atoms with Crippen LogP contribution in [-0.2, 0) is 14.3 Å². The second-order valence-corrected chi connectivity index (χ2v) is 9.01. The monoisotopic (exact) mass is 476 g/mol. The highest BCUT2D eigenvalue weighted by atomic mass is 32.2. The van der Waals surface area contributed by atoms with Crippen molar-refractivity contribution < 1.29 is 19.1 Å². The van der Waals surface area contributed by atoms with Gasteiger partial charge in [0.2, 0.25) is 5.91 Å². The van der Waals surface area contributed by atoms with E-state index < -0.39 is 18.5 Å². The minimum Gasteiger partial charge on any atom is -0.452 e. The first-order valence-electron chi connectivity index (χ1n) is 10.9. The lowest BCUT2D eigenvalue weighted by Crippen LogP contribution is -2.22. The fourth-order valence-electron chi connectivity index (χ4n) is 3.49. The van der Waals surface area contributed by atoms with Gasteiger partial charge in [-0.1, -0.05) is 48.5 Å². The second kappa shape index (κ2) is 11.5. The molecule has 176 valence electrons. The van der Waals surface area contributed by atoms with E-state index in [0.29, 0.717) is 10.5 Å². The van der Waals surface area contributed by atoms with Crippen molar-refractivity contribution in [2.24, 2.45) is 0 Å². The van der Waals surface area contributed by atoms with E-state index in [0.717, 1.165) is 33.6 Å². The van der Waals surface area contributed by atoms with Crippen LogP contribution in [0.4, 0.5) is 11.4 Å². The fraction of sp³-hybridized carbons (Fsp3) is 0.222. The molecule has 0 saturated heterocycles. The Morgan fingerprint density at radius 1 is 0.706 bits per heavy atom. The average Bonchev–Trinajstić information content (AvgIpc) is 2.81. The van der Waals surface area contributed by atoms with Crippen LogP contribution in [0.15, 0.2) is 65.6 Å². The molecule has 0 fully saturated rings. The molecule has 34 heavy (non-hydrogen) atoms. The van der Waals surface area contributed by atoms with Crippen LogP contribution in [0.25, 0.3) is 0 Å². The zero-order valence-electron chi connectivity index (χ0n) is 19.7. The summed E-state index contributed by atoms with van der Waals surface area (Å²) in [6, 6.07) is 18.4. The van der Waals surface area contributed by atoms with Gasteiger partial charge in [0.1, 0.15) is 0 Å². The van der Waals surface area contributed by atoms with Gasteiger partial charge in [0.25, 0.3) is 5.91 Å². The molecule has 0 radical (unpaired) electrons. The Hall–Kier alpha value is -3.58. The molecule has 0 heterocycles. The van der Waals surface area contributed by atoms with Crippen LogP contribution in [0.5, 0.6) is 0 Å². The van der Waals surface area contributed by atoms with Crippen LogP contribution in [0.2, 0.25) is 0 Å². The smallest absolute Gasteiger partial charge is 0.339 e. The number of hydrogen-bond donors (Lipinski definition) is 2. The van der Waals surface area contributed by atoms with Crippen LogP contribution >= 0.6 is 11.8 Å². The Balaban J connectivity index is 1.58. The van der Waals surface area contributed by atoms with Gasteiger partial charge in [-0.05, 0) is 62.1 Å². The van der Waals surface area contributed by atoms with Gasteiger partial charge in [-0.2, -0.15) is 0 Å². The number of para-hydroxylation sites is 2. The van der Waals surface area contributed by atoms with Crippen molar-refractivity contribution in [1.29, 1.82) is 0 Å². The molecular formula is C27H28N2O4S. The van der Waals surface area contributed by atoms with Gasteiger partial charge in [0, 0.05) is 16.3 Å². The van der Waals surface area contributed by atoms with Gasteiger partial charge in [0.15, 0.2) is 6.61 Å². The standard InChI is InChI=1S/C27H28N2O4S/c1-17-9-7-10-18(2)25(17)28-23(30)15-33-27(32)21-13-5-6-14-22(21)34-16-24(31)29-26-19(3)11-8-12-20(26)4/h5-14H,15-16H2,1-4H3,(H,28,30)(H,29,31). The number of rotatable bonds is 8. The summed E-state index contributed by atoms with van der Waals surface area (Å²) in [6.07, 6.45) is 0. The second-order valence-electron chi connectivity index (χ2n) is 7.99. The van der Waals surface area contributed by atoms with Crippen LogP contribution < -0.4 is 10.6 Å². The van der Waals surface area contributed by atoms with E-state index in [-0.39, 0.29) is 11.7 Å². The third-order valence-electron chi connectivity index (χ3n) is 5.29. The third-order valence-corrected chi connectivity index (χ3v) is 6.36. The lowest BCUT2D eigenvalue weighted by atomic mass is 10.1. The normalized spacial score (nSPS) is 10.5. The molecule has 3 aromatic carbocycles. The minimum absolute atomic E-state index is 0.130. The van der Waals surface area contributed by atoms with E-state index in [4.69, 9.17) is 4.74 Å². The number of carbonyl (C=O) groups is 3. The van der Waals surface area contributed by atoms with Gasteiger partial charge in [0.05, 0.1) is 11.3 Å². The number of nitrogens with one attached hydrogen (secondary N) is 2. The third kappa shape index (κ3) is 6.48. The molecule has 3 rings (SSSR count). The molecule has 0 aliphatic carbocycles. The quantitative estimate of drug-likeness (QED) is 0.334. The molecule has 0 aliphatic rings. The fourth-order valence-corrected chi connectivity index (χ4v) is 4.33.